The minimum Gasteiger partial charge on any atom is -0.348 e. The van der Waals surface area contributed by atoms with Crippen LogP contribution < -0.4 is 0 Å². The molecular weight excluding hydrogens is 386 g/mol. The average Bonchev–Trinajstić information content (AvgIpc) is 3.19. The highest BCUT2D eigenvalue weighted by molar-refractivity contribution is 7.23. The Labute approximate surface area is 164 Å². The van der Waals surface area contributed by atoms with E-state index in [1.165, 1.54) is 9.75 Å². The van der Waals surface area contributed by atoms with Crippen molar-refractivity contribution in [3.8, 4) is 11.3 Å². The molecule has 0 radical (unpaired) electrons. The zero-order chi connectivity index (χ0) is 18.6. The number of carbonyl (C=O) groups is 1. The SMILES string of the molecule is Cc1cc(-c2nc3sc4ccc(Cl)cc4n3c2CC(=O)N(C)C)c(C)s1. The number of thiazole rings is 1. The van der Waals surface area contributed by atoms with E-state index in [2.05, 4.69) is 24.3 Å². The van der Waals surface area contributed by atoms with Gasteiger partial charge in [0.2, 0.25) is 5.91 Å². The molecule has 4 rings (SSSR count). The van der Waals surface area contributed by atoms with E-state index < -0.39 is 0 Å². The summed E-state index contributed by atoms with van der Waals surface area (Å²) >= 11 is 9.61. The molecule has 0 fully saturated rings. The summed E-state index contributed by atoms with van der Waals surface area (Å²) < 4.78 is 3.20. The summed E-state index contributed by atoms with van der Waals surface area (Å²) in [6.45, 7) is 4.20. The first-order chi connectivity index (χ1) is 12.3. The maximum Gasteiger partial charge on any atom is 0.228 e. The van der Waals surface area contributed by atoms with Crippen molar-refractivity contribution in [1.29, 1.82) is 0 Å². The van der Waals surface area contributed by atoms with Crippen molar-refractivity contribution in [2.45, 2.75) is 20.3 Å². The lowest BCUT2D eigenvalue weighted by molar-refractivity contribution is -0.128. The highest BCUT2D eigenvalue weighted by Gasteiger charge is 2.23. The fraction of sp³-hybridized carbons (Fsp3) is 0.263. The smallest absolute Gasteiger partial charge is 0.228 e. The van der Waals surface area contributed by atoms with Crippen LogP contribution in [-0.4, -0.2) is 34.3 Å². The van der Waals surface area contributed by atoms with Gasteiger partial charge in [0.25, 0.3) is 0 Å². The molecule has 7 heteroatoms. The van der Waals surface area contributed by atoms with E-state index in [1.807, 2.05) is 18.2 Å². The maximum atomic E-state index is 12.5. The summed E-state index contributed by atoms with van der Waals surface area (Å²) in [5, 5.41) is 0.680. The number of fused-ring (bicyclic) bond motifs is 3. The standard InChI is InChI=1S/C19H18ClN3OS2/c1-10-7-13(11(2)25-10)18-15(9-17(24)22(3)4)23-14-8-12(20)5-6-16(14)26-19(23)21-18/h5-8H,9H2,1-4H3. The number of halogens is 1. The summed E-state index contributed by atoms with van der Waals surface area (Å²) in [5.41, 5.74) is 3.94. The molecule has 0 aliphatic rings. The van der Waals surface area contributed by atoms with E-state index in [0.29, 0.717) is 11.4 Å². The zero-order valence-electron chi connectivity index (χ0n) is 15.0. The third-order valence-corrected chi connectivity index (χ3v) is 6.64. The molecule has 0 unspecified atom stereocenters. The van der Waals surface area contributed by atoms with Crippen molar-refractivity contribution < 1.29 is 4.79 Å². The predicted molar refractivity (Wildman–Crippen MR) is 111 cm³/mol. The van der Waals surface area contributed by atoms with Gasteiger partial charge in [0.1, 0.15) is 0 Å². The average molecular weight is 404 g/mol. The van der Waals surface area contributed by atoms with Crippen molar-refractivity contribution in [1.82, 2.24) is 14.3 Å². The zero-order valence-corrected chi connectivity index (χ0v) is 17.3. The first-order valence-electron chi connectivity index (χ1n) is 8.22. The van der Waals surface area contributed by atoms with Crippen LogP contribution in [0.1, 0.15) is 15.4 Å². The lowest BCUT2D eigenvalue weighted by Crippen LogP contribution is -2.24. The Morgan fingerprint density at radius 2 is 2.00 bits per heavy atom. The van der Waals surface area contributed by atoms with E-state index in [1.54, 1.807) is 41.7 Å². The first kappa shape index (κ1) is 17.5. The summed E-state index contributed by atoms with van der Waals surface area (Å²) in [6.07, 6.45) is 0.302. The third-order valence-electron chi connectivity index (χ3n) is 4.42. The Morgan fingerprint density at radius 3 is 2.65 bits per heavy atom. The van der Waals surface area contributed by atoms with Crippen LogP contribution in [-0.2, 0) is 11.2 Å². The van der Waals surface area contributed by atoms with Crippen LogP contribution in [0.5, 0.6) is 0 Å². The number of rotatable bonds is 3. The van der Waals surface area contributed by atoms with Crippen LogP contribution in [0.2, 0.25) is 5.02 Å². The molecule has 0 spiro atoms. The van der Waals surface area contributed by atoms with Gasteiger partial charge < -0.3 is 4.90 Å². The van der Waals surface area contributed by atoms with E-state index in [-0.39, 0.29) is 5.91 Å². The number of thiophene rings is 1. The molecule has 1 aromatic carbocycles. The largest absolute Gasteiger partial charge is 0.348 e. The molecule has 1 amide bonds. The van der Waals surface area contributed by atoms with Crippen LogP contribution in [0.15, 0.2) is 24.3 Å². The molecule has 4 nitrogen and oxygen atoms in total. The van der Waals surface area contributed by atoms with Crippen molar-refractivity contribution in [2.75, 3.05) is 14.1 Å². The number of amides is 1. The van der Waals surface area contributed by atoms with Gasteiger partial charge in [0.05, 0.1) is 28.0 Å². The summed E-state index contributed by atoms with van der Waals surface area (Å²) in [7, 11) is 3.56. The molecule has 0 aliphatic carbocycles. The lowest BCUT2D eigenvalue weighted by atomic mass is 10.1. The summed E-state index contributed by atoms with van der Waals surface area (Å²) in [6, 6.07) is 8.00. The van der Waals surface area contributed by atoms with E-state index in [4.69, 9.17) is 16.6 Å². The minimum absolute atomic E-state index is 0.0547. The molecule has 0 saturated heterocycles. The topological polar surface area (TPSA) is 37.6 Å². The fourth-order valence-corrected chi connectivity index (χ4v) is 5.26. The molecular formula is C19H18ClN3OS2. The lowest BCUT2D eigenvalue weighted by Gasteiger charge is -2.11. The minimum atomic E-state index is 0.0547. The Morgan fingerprint density at radius 1 is 1.23 bits per heavy atom. The number of hydrogen-bond acceptors (Lipinski definition) is 4. The molecule has 0 aliphatic heterocycles. The Kier molecular flexibility index (Phi) is 4.29. The van der Waals surface area contributed by atoms with Crippen LogP contribution in [0.4, 0.5) is 0 Å². The highest BCUT2D eigenvalue weighted by atomic mass is 35.5. The van der Waals surface area contributed by atoms with E-state index >= 15 is 0 Å². The molecule has 4 aromatic rings. The van der Waals surface area contributed by atoms with Gasteiger partial charge in [-0.1, -0.05) is 22.9 Å². The van der Waals surface area contributed by atoms with Crippen molar-refractivity contribution in [2.24, 2.45) is 0 Å². The number of hydrogen-bond donors (Lipinski definition) is 0. The maximum absolute atomic E-state index is 12.5. The Balaban J connectivity index is 2.03. The molecule has 26 heavy (non-hydrogen) atoms. The Bertz CT molecular complexity index is 1150. The van der Waals surface area contributed by atoms with Crippen LogP contribution >= 0.6 is 34.3 Å². The normalized spacial score (nSPS) is 11.6. The van der Waals surface area contributed by atoms with Gasteiger partial charge in [-0.3, -0.25) is 9.20 Å². The molecule has 134 valence electrons. The third kappa shape index (κ3) is 2.82. The van der Waals surface area contributed by atoms with Gasteiger partial charge in [0.15, 0.2) is 4.96 Å². The first-order valence-corrected chi connectivity index (χ1v) is 10.2. The van der Waals surface area contributed by atoms with E-state index in [9.17, 15) is 4.79 Å². The van der Waals surface area contributed by atoms with Crippen molar-refractivity contribution in [3.63, 3.8) is 0 Å². The number of likely N-dealkylation sites (N-methyl/N-ethyl adjacent to an activating group) is 1. The molecule has 0 atom stereocenters. The van der Waals surface area contributed by atoms with E-state index in [0.717, 1.165) is 32.1 Å². The molecule has 0 saturated carbocycles. The monoisotopic (exact) mass is 403 g/mol. The molecule has 3 heterocycles. The van der Waals surface area contributed by atoms with Crippen molar-refractivity contribution >= 4 is 55.4 Å². The highest BCUT2D eigenvalue weighted by Crippen LogP contribution is 2.37. The van der Waals surface area contributed by atoms with Gasteiger partial charge in [-0.25, -0.2) is 4.98 Å². The predicted octanol–water partition coefficient (Wildman–Crippen LogP) is 5.18. The quantitative estimate of drug-likeness (QED) is 0.472. The van der Waals surface area contributed by atoms with Crippen LogP contribution in [0.3, 0.4) is 0 Å². The molecule has 0 bridgehead atoms. The van der Waals surface area contributed by atoms with Crippen LogP contribution in [0.25, 0.3) is 26.4 Å². The molecule has 3 aromatic heterocycles. The van der Waals surface area contributed by atoms with Gasteiger partial charge in [-0.05, 0) is 38.1 Å². The van der Waals surface area contributed by atoms with Gasteiger partial charge in [0, 0.05) is 34.4 Å². The van der Waals surface area contributed by atoms with Gasteiger partial charge in [-0.15, -0.1) is 11.3 Å². The second-order valence-electron chi connectivity index (χ2n) is 6.53. The van der Waals surface area contributed by atoms with Gasteiger partial charge in [-0.2, -0.15) is 0 Å². The number of benzene rings is 1. The van der Waals surface area contributed by atoms with Crippen LogP contribution in [0, 0.1) is 13.8 Å². The second kappa shape index (κ2) is 6.37. The number of imidazole rings is 1. The van der Waals surface area contributed by atoms with Crippen molar-refractivity contribution in [3.05, 3.63) is 44.7 Å². The second-order valence-corrected chi connectivity index (χ2v) is 9.44. The number of aryl methyl sites for hydroxylation is 2. The number of carbonyl (C=O) groups excluding carboxylic acids is 1. The van der Waals surface area contributed by atoms with Gasteiger partial charge >= 0.3 is 0 Å². The summed E-state index contributed by atoms with van der Waals surface area (Å²) in [4.78, 5) is 22.4. The number of aromatic nitrogens is 2. The molecule has 0 N–H and O–H groups in total. The summed E-state index contributed by atoms with van der Waals surface area (Å²) in [5.74, 6) is 0.0547. The fourth-order valence-electron chi connectivity index (χ4n) is 3.14. The Hall–Kier alpha value is -1.89. The number of nitrogens with zero attached hydrogens (tertiary/aromatic N) is 3.